The highest BCUT2D eigenvalue weighted by molar-refractivity contribution is 7.91. The molecule has 3 rings (SSSR count). The molecule has 2 aromatic carbocycles. The second-order valence-corrected chi connectivity index (χ2v) is 9.58. The highest BCUT2D eigenvalue weighted by Crippen LogP contribution is 2.32. The van der Waals surface area contributed by atoms with Gasteiger partial charge in [-0.05, 0) is 47.8 Å². The predicted molar refractivity (Wildman–Crippen MR) is 119 cm³/mol. The number of carbonyl (C=O) groups excluding carboxylic acids is 1. The maximum Gasteiger partial charge on any atom is 0.257 e. The molecule has 0 radical (unpaired) electrons. The van der Waals surface area contributed by atoms with Gasteiger partial charge in [-0.15, -0.1) is 11.3 Å². The van der Waals surface area contributed by atoms with Crippen LogP contribution in [0.25, 0.3) is 0 Å². The fourth-order valence-electron chi connectivity index (χ4n) is 2.91. The first-order valence-corrected chi connectivity index (χ1v) is 11.8. The Hall–Kier alpha value is -3.04. The van der Waals surface area contributed by atoms with E-state index in [1.807, 2.05) is 0 Å². The fourth-order valence-corrected chi connectivity index (χ4v) is 5.69. The van der Waals surface area contributed by atoms with Crippen LogP contribution >= 0.6 is 11.3 Å². The number of benzene rings is 2. The van der Waals surface area contributed by atoms with Crippen LogP contribution in [0.1, 0.15) is 10.1 Å². The summed E-state index contributed by atoms with van der Waals surface area (Å²) in [7, 11) is -0.717. The minimum atomic E-state index is -3.74. The first-order valence-electron chi connectivity index (χ1n) is 9.39. The molecule has 0 saturated heterocycles. The summed E-state index contributed by atoms with van der Waals surface area (Å²) >= 11 is 1.32. The number of sulfone groups is 1. The lowest BCUT2D eigenvalue weighted by molar-refractivity contribution is -0.123. The summed E-state index contributed by atoms with van der Waals surface area (Å²) in [4.78, 5) is 13.2. The van der Waals surface area contributed by atoms with Crippen molar-refractivity contribution in [2.24, 2.45) is 0 Å². The standard InChI is InChI=1S/C22H23NO6S2/c1-27-16-9-11-17(12-10-16)31(25,26)21(20-8-5-13-30-20)14-23-22(24)15-29-19-7-4-3-6-18(19)28-2/h3-13,21H,14-15H2,1-2H3,(H,23,24)/t21-/m1/s1. The molecule has 1 amide bonds. The number of ether oxygens (including phenoxy) is 3. The molecule has 0 bridgehead atoms. The first-order chi connectivity index (χ1) is 15.0. The Bertz CT molecular complexity index is 1100. The van der Waals surface area contributed by atoms with Crippen molar-refractivity contribution in [3.63, 3.8) is 0 Å². The Labute approximate surface area is 185 Å². The van der Waals surface area contributed by atoms with Gasteiger partial charge in [-0.3, -0.25) is 4.79 Å². The van der Waals surface area contributed by atoms with E-state index in [4.69, 9.17) is 14.2 Å². The van der Waals surface area contributed by atoms with E-state index in [0.29, 0.717) is 22.1 Å². The number of methoxy groups -OCH3 is 2. The maximum absolute atomic E-state index is 13.3. The van der Waals surface area contributed by atoms with Gasteiger partial charge >= 0.3 is 0 Å². The molecule has 0 spiro atoms. The number of thiophene rings is 1. The number of hydrogen-bond acceptors (Lipinski definition) is 7. The lowest BCUT2D eigenvalue weighted by Crippen LogP contribution is -2.34. The van der Waals surface area contributed by atoms with Crippen molar-refractivity contribution in [2.75, 3.05) is 27.4 Å². The number of rotatable bonds is 10. The van der Waals surface area contributed by atoms with Gasteiger partial charge in [0.1, 0.15) is 11.0 Å². The van der Waals surface area contributed by atoms with Crippen molar-refractivity contribution < 1.29 is 27.4 Å². The third kappa shape index (κ3) is 5.56. The zero-order valence-electron chi connectivity index (χ0n) is 17.1. The molecule has 1 heterocycles. The van der Waals surface area contributed by atoms with Gasteiger partial charge < -0.3 is 19.5 Å². The van der Waals surface area contributed by atoms with Crippen LogP contribution in [-0.2, 0) is 14.6 Å². The number of para-hydroxylation sites is 2. The van der Waals surface area contributed by atoms with Gasteiger partial charge in [0, 0.05) is 11.4 Å². The molecule has 0 aliphatic carbocycles. The molecule has 31 heavy (non-hydrogen) atoms. The summed E-state index contributed by atoms with van der Waals surface area (Å²) in [5.41, 5.74) is 0. The summed E-state index contributed by atoms with van der Waals surface area (Å²) in [6, 6.07) is 16.7. The fraction of sp³-hybridized carbons (Fsp3) is 0.227. The molecule has 3 aromatic rings. The van der Waals surface area contributed by atoms with Crippen molar-refractivity contribution in [2.45, 2.75) is 10.1 Å². The molecule has 1 aromatic heterocycles. The molecule has 0 unspecified atom stereocenters. The normalized spacial score (nSPS) is 12.1. The Kier molecular flexibility index (Phi) is 7.54. The van der Waals surface area contributed by atoms with Crippen LogP contribution in [-0.4, -0.2) is 41.7 Å². The van der Waals surface area contributed by atoms with E-state index in [1.54, 1.807) is 53.9 Å². The molecule has 0 saturated carbocycles. The molecule has 1 atom stereocenters. The molecule has 9 heteroatoms. The van der Waals surface area contributed by atoms with Gasteiger partial charge in [0.15, 0.2) is 27.9 Å². The molecular weight excluding hydrogens is 438 g/mol. The van der Waals surface area contributed by atoms with Crippen LogP contribution in [0.3, 0.4) is 0 Å². The topological polar surface area (TPSA) is 90.9 Å². The van der Waals surface area contributed by atoms with Crippen molar-refractivity contribution in [1.29, 1.82) is 0 Å². The van der Waals surface area contributed by atoms with Gasteiger partial charge in [-0.1, -0.05) is 18.2 Å². The molecule has 7 nitrogen and oxygen atoms in total. The van der Waals surface area contributed by atoms with Crippen LogP contribution < -0.4 is 19.5 Å². The van der Waals surface area contributed by atoms with E-state index in [9.17, 15) is 13.2 Å². The minimum Gasteiger partial charge on any atom is -0.497 e. The Morgan fingerprint density at radius 1 is 0.968 bits per heavy atom. The predicted octanol–water partition coefficient (Wildman–Crippen LogP) is 3.48. The molecule has 1 N–H and O–H groups in total. The van der Waals surface area contributed by atoms with Gasteiger partial charge in [0.2, 0.25) is 0 Å². The van der Waals surface area contributed by atoms with Crippen molar-refractivity contribution in [1.82, 2.24) is 5.32 Å². The average molecular weight is 462 g/mol. The van der Waals surface area contributed by atoms with Crippen molar-refractivity contribution >= 4 is 27.1 Å². The summed E-state index contributed by atoms with van der Waals surface area (Å²) in [5.74, 6) is 1.07. The van der Waals surface area contributed by atoms with E-state index >= 15 is 0 Å². The third-order valence-electron chi connectivity index (χ3n) is 4.54. The zero-order chi connectivity index (χ0) is 22.3. The Morgan fingerprint density at radius 3 is 2.29 bits per heavy atom. The number of carbonyl (C=O) groups is 1. The van der Waals surface area contributed by atoms with Crippen LogP contribution in [0, 0.1) is 0 Å². The molecule has 0 fully saturated rings. The van der Waals surface area contributed by atoms with E-state index in [2.05, 4.69) is 5.32 Å². The lowest BCUT2D eigenvalue weighted by atomic mass is 10.3. The highest BCUT2D eigenvalue weighted by Gasteiger charge is 2.30. The summed E-state index contributed by atoms with van der Waals surface area (Å²) < 4.78 is 42.3. The maximum atomic E-state index is 13.3. The van der Waals surface area contributed by atoms with Gasteiger partial charge in [-0.2, -0.15) is 0 Å². The second kappa shape index (κ2) is 10.3. The van der Waals surface area contributed by atoms with Gasteiger partial charge in [-0.25, -0.2) is 8.42 Å². The number of amides is 1. The van der Waals surface area contributed by atoms with Crippen LogP contribution in [0.4, 0.5) is 0 Å². The summed E-state index contributed by atoms with van der Waals surface area (Å²) in [5, 5.41) is 3.56. The van der Waals surface area contributed by atoms with E-state index in [1.165, 1.54) is 37.7 Å². The third-order valence-corrected chi connectivity index (χ3v) is 7.77. The van der Waals surface area contributed by atoms with Crippen molar-refractivity contribution in [3.8, 4) is 17.2 Å². The molecular formula is C22H23NO6S2. The summed E-state index contributed by atoms with van der Waals surface area (Å²) in [6.07, 6.45) is 0. The quantitative estimate of drug-likeness (QED) is 0.497. The van der Waals surface area contributed by atoms with Crippen LogP contribution in [0.15, 0.2) is 70.9 Å². The molecule has 164 valence electrons. The summed E-state index contributed by atoms with van der Waals surface area (Å²) in [6.45, 7) is -0.344. The van der Waals surface area contributed by atoms with Gasteiger partial charge in [0.05, 0.1) is 19.1 Å². The smallest absolute Gasteiger partial charge is 0.257 e. The largest absolute Gasteiger partial charge is 0.497 e. The van der Waals surface area contributed by atoms with Gasteiger partial charge in [0.25, 0.3) is 5.91 Å². The number of hydrogen-bond donors (Lipinski definition) is 1. The zero-order valence-corrected chi connectivity index (χ0v) is 18.7. The average Bonchev–Trinajstić information content (AvgIpc) is 3.32. The number of nitrogens with one attached hydrogen (secondary N) is 1. The monoisotopic (exact) mass is 461 g/mol. The van der Waals surface area contributed by atoms with Crippen LogP contribution in [0.5, 0.6) is 17.2 Å². The lowest BCUT2D eigenvalue weighted by Gasteiger charge is -2.18. The molecule has 0 aliphatic rings. The minimum absolute atomic E-state index is 0.0804. The van der Waals surface area contributed by atoms with E-state index < -0.39 is 21.0 Å². The highest BCUT2D eigenvalue weighted by atomic mass is 32.2. The Balaban J connectivity index is 1.71. The Morgan fingerprint density at radius 2 is 1.68 bits per heavy atom. The second-order valence-electron chi connectivity index (χ2n) is 6.47. The molecule has 0 aliphatic heterocycles. The first kappa shape index (κ1) is 22.6. The van der Waals surface area contributed by atoms with E-state index in [0.717, 1.165) is 0 Å². The van der Waals surface area contributed by atoms with Crippen LogP contribution in [0.2, 0.25) is 0 Å². The van der Waals surface area contributed by atoms with E-state index in [-0.39, 0.29) is 18.0 Å². The van der Waals surface area contributed by atoms with Crippen molar-refractivity contribution in [3.05, 3.63) is 70.9 Å². The SMILES string of the molecule is COc1ccc(S(=O)(=O)[C@H](CNC(=O)COc2ccccc2OC)c2cccs2)cc1.